The van der Waals surface area contributed by atoms with Crippen LogP contribution in [0.15, 0.2) is 121 Å². The first kappa shape index (κ1) is 30.4. The molecule has 0 aliphatic carbocycles. The Hall–Kier alpha value is -6.28. The SMILES string of the molecule is O=C1NCc2ccc3cc(ccc3c2)CNC(=O)c2cccc(c2)C(=O)NCc2ccc3cc(ccc3c2)CNC(=O)c2cccc1c2. The summed E-state index contributed by atoms with van der Waals surface area (Å²) in [7, 11) is 0. The first-order chi connectivity index (χ1) is 23.4. The van der Waals surface area contributed by atoms with E-state index >= 15 is 0 Å². The molecule has 0 atom stereocenters. The maximum absolute atomic E-state index is 13.0. The molecule has 236 valence electrons. The average Bonchev–Trinajstić information content (AvgIpc) is 3.13. The molecule has 6 aromatic carbocycles. The van der Waals surface area contributed by atoms with E-state index in [2.05, 4.69) is 21.3 Å². The Labute approximate surface area is 277 Å². The van der Waals surface area contributed by atoms with Crippen molar-refractivity contribution in [2.24, 2.45) is 0 Å². The lowest BCUT2D eigenvalue weighted by Crippen LogP contribution is -2.25. The van der Waals surface area contributed by atoms with Gasteiger partial charge < -0.3 is 21.3 Å². The van der Waals surface area contributed by atoms with Crippen LogP contribution in [0, 0.1) is 0 Å². The predicted molar refractivity (Wildman–Crippen MR) is 185 cm³/mol. The average molecular weight is 633 g/mol. The van der Waals surface area contributed by atoms with Gasteiger partial charge in [-0.1, -0.05) is 60.7 Å². The summed E-state index contributed by atoms with van der Waals surface area (Å²) in [5, 5.41) is 15.8. The normalized spacial score (nSPS) is 14.3. The minimum Gasteiger partial charge on any atom is -0.348 e. The number of hydrogen-bond acceptors (Lipinski definition) is 4. The topological polar surface area (TPSA) is 116 Å². The summed E-state index contributed by atoms with van der Waals surface area (Å²) in [5.41, 5.74) is 5.33. The number of benzene rings is 6. The van der Waals surface area contributed by atoms with Crippen molar-refractivity contribution in [1.29, 1.82) is 0 Å². The zero-order valence-corrected chi connectivity index (χ0v) is 26.0. The molecule has 0 radical (unpaired) electrons. The number of nitrogens with one attached hydrogen (secondary N) is 4. The summed E-state index contributed by atoms with van der Waals surface area (Å²) in [6.07, 6.45) is 0. The second kappa shape index (κ2) is 13.2. The number of hydrogen-bond donors (Lipinski definition) is 4. The third kappa shape index (κ3) is 6.78. The second-order valence-corrected chi connectivity index (χ2v) is 11.9. The molecular weight excluding hydrogens is 600 g/mol. The van der Waals surface area contributed by atoms with Gasteiger partial charge in [0.05, 0.1) is 0 Å². The Morgan fingerprint density at radius 3 is 0.812 bits per heavy atom. The van der Waals surface area contributed by atoms with Crippen LogP contribution in [-0.4, -0.2) is 23.6 Å². The highest BCUT2D eigenvalue weighted by Crippen LogP contribution is 2.20. The molecule has 4 N–H and O–H groups in total. The molecule has 0 saturated heterocycles. The van der Waals surface area contributed by atoms with Crippen molar-refractivity contribution < 1.29 is 19.2 Å². The molecule has 0 aromatic heterocycles. The van der Waals surface area contributed by atoms with E-state index in [-0.39, 0.29) is 23.6 Å². The highest BCUT2D eigenvalue weighted by molar-refractivity contribution is 6.00. The summed E-state index contributed by atoms with van der Waals surface area (Å²) < 4.78 is 0. The highest BCUT2D eigenvalue weighted by atomic mass is 16.2. The summed E-state index contributed by atoms with van der Waals surface area (Å²) in [6, 6.07) is 37.2. The maximum Gasteiger partial charge on any atom is 0.251 e. The largest absolute Gasteiger partial charge is 0.348 e. The molecule has 8 heterocycles. The molecule has 12 bridgehead atoms. The van der Waals surface area contributed by atoms with Crippen molar-refractivity contribution in [2.45, 2.75) is 26.2 Å². The fourth-order valence-electron chi connectivity index (χ4n) is 5.87. The smallest absolute Gasteiger partial charge is 0.251 e. The zero-order valence-electron chi connectivity index (χ0n) is 26.0. The molecule has 0 fully saturated rings. The molecule has 8 aliphatic rings. The van der Waals surface area contributed by atoms with Crippen LogP contribution in [0.5, 0.6) is 0 Å². The van der Waals surface area contributed by atoms with Gasteiger partial charge in [-0.15, -0.1) is 0 Å². The van der Waals surface area contributed by atoms with E-state index in [1.165, 1.54) is 0 Å². The van der Waals surface area contributed by atoms with Gasteiger partial charge in [0.15, 0.2) is 0 Å². The van der Waals surface area contributed by atoms with Crippen LogP contribution in [-0.2, 0) is 26.2 Å². The summed E-state index contributed by atoms with van der Waals surface area (Å²) in [4.78, 5) is 52.1. The van der Waals surface area contributed by atoms with E-state index in [0.717, 1.165) is 43.8 Å². The Kier molecular flexibility index (Phi) is 8.36. The van der Waals surface area contributed by atoms with Crippen molar-refractivity contribution in [1.82, 2.24) is 21.3 Å². The number of rotatable bonds is 0. The van der Waals surface area contributed by atoms with Gasteiger partial charge in [0.25, 0.3) is 23.6 Å². The summed E-state index contributed by atoms with van der Waals surface area (Å²) >= 11 is 0. The van der Waals surface area contributed by atoms with Gasteiger partial charge in [0.1, 0.15) is 0 Å². The Bertz CT molecular complexity index is 1940. The fourth-order valence-corrected chi connectivity index (χ4v) is 5.87. The highest BCUT2D eigenvalue weighted by Gasteiger charge is 2.13. The molecule has 8 heteroatoms. The van der Waals surface area contributed by atoms with Crippen LogP contribution < -0.4 is 21.3 Å². The van der Waals surface area contributed by atoms with Crippen LogP contribution >= 0.6 is 0 Å². The minimum absolute atomic E-state index is 0.269. The quantitative estimate of drug-likeness (QED) is 0.164. The van der Waals surface area contributed by atoms with Gasteiger partial charge in [-0.05, 0) is 104 Å². The molecular formula is C40H32N4O4. The molecule has 0 saturated carbocycles. The van der Waals surface area contributed by atoms with Crippen molar-refractivity contribution in [3.63, 3.8) is 0 Å². The summed E-state index contributed by atoms with van der Waals surface area (Å²) in [5.74, 6) is -1.08. The van der Waals surface area contributed by atoms with E-state index in [1.54, 1.807) is 48.5 Å². The van der Waals surface area contributed by atoms with Crippen molar-refractivity contribution in [3.05, 3.63) is 166 Å². The molecule has 6 aromatic rings. The van der Waals surface area contributed by atoms with Gasteiger partial charge in [-0.2, -0.15) is 0 Å². The van der Waals surface area contributed by atoms with Crippen molar-refractivity contribution >= 4 is 45.2 Å². The standard InChI is InChI=1S/C40H32N4O4/c45-37-33-3-1-4-34(19-33)38(46)42-22-26-8-12-32-18-28(10-14-30(32)16-26)24-44-40(48)36-6-2-5-35(20-36)39(47)43-23-27-9-13-29-15-25(21-41-37)7-11-31(29)17-27/h1-20H,21-24H2,(H,41,45)(H,42,46)(H,43,47)(H,44,48). The number of carbonyl (C=O) groups excluding carboxylic acids is 4. The maximum atomic E-state index is 13.0. The lowest BCUT2D eigenvalue weighted by atomic mass is 10.0. The van der Waals surface area contributed by atoms with Gasteiger partial charge in [-0.25, -0.2) is 0 Å². The molecule has 14 rings (SSSR count). The van der Waals surface area contributed by atoms with Crippen LogP contribution in [0.25, 0.3) is 21.5 Å². The van der Waals surface area contributed by atoms with Crippen LogP contribution in [0.2, 0.25) is 0 Å². The van der Waals surface area contributed by atoms with E-state index in [9.17, 15) is 19.2 Å². The summed E-state index contributed by atoms with van der Waals surface area (Å²) in [6.45, 7) is 1.29. The van der Waals surface area contributed by atoms with Crippen molar-refractivity contribution in [3.8, 4) is 0 Å². The Balaban J connectivity index is 1.16. The molecule has 0 spiro atoms. The van der Waals surface area contributed by atoms with E-state index in [1.807, 2.05) is 72.8 Å². The Morgan fingerprint density at radius 1 is 0.312 bits per heavy atom. The number of carbonyl (C=O) groups is 4. The first-order valence-corrected chi connectivity index (χ1v) is 15.7. The molecule has 0 unspecified atom stereocenters. The van der Waals surface area contributed by atoms with Crippen molar-refractivity contribution in [2.75, 3.05) is 0 Å². The third-order valence-corrected chi connectivity index (χ3v) is 8.52. The molecule has 8 aliphatic heterocycles. The number of amides is 4. The third-order valence-electron chi connectivity index (χ3n) is 8.52. The van der Waals surface area contributed by atoms with E-state index in [0.29, 0.717) is 48.4 Å². The first-order valence-electron chi connectivity index (χ1n) is 15.7. The zero-order chi connectivity index (χ0) is 33.0. The molecule has 4 amide bonds. The monoisotopic (exact) mass is 632 g/mol. The molecule has 8 nitrogen and oxygen atoms in total. The molecule has 48 heavy (non-hydrogen) atoms. The van der Waals surface area contributed by atoms with Gasteiger partial charge in [-0.3, -0.25) is 19.2 Å². The van der Waals surface area contributed by atoms with Crippen LogP contribution in [0.3, 0.4) is 0 Å². The van der Waals surface area contributed by atoms with E-state index < -0.39 is 0 Å². The van der Waals surface area contributed by atoms with Gasteiger partial charge in [0.2, 0.25) is 0 Å². The Morgan fingerprint density at radius 2 is 0.562 bits per heavy atom. The second-order valence-electron chi connectivity index (χ2n) is 11.9. The predicted octanol–water partition coefficient (Wildman–Crippen LogP) is 6.03. The fraction of sp³-hybridized carbons (Fsp3) is 0.100. The van der Waals surface area contributed by atoms with E-state index in [4.69, 9.17) is 0 Å². The lowest BCUT2D eigenvalue weighted by molar-refractivity contribution is 0.0935. The van der Waals surface area contributed by atoms with Crippen LogP contribution in [0.4, 0.5) is 0 Å². The lowest BCUT2D eigenvalue weighted by Gasteiger charge is -2.11. The van der Waals surface area contributed by atoms with Gasteiger partial charge >= 0.3 is 0 Å². The van der Waals surface area contributed by atoms with Gasteiger partial charge in [0, 0.05) is 48.4 Å². The van der Waals surface area contributed by atoms with Crippen LogP contribution in [0.1, 0.15) is 63.7 Å². The minimum atomic E-state index is -0.269.